The molecular formula is C22H21N5O2. The lowest BCUT2D eigenvalue weighted by Gasteiger charge is -2.07. The highest BCUT2D eigenvalue weighted by molar-refractivity contribution is 5.99. The number of para-hydroxylation sites is 1. The molecule has 0 aliphatic rings. The standard InChI is InChI=1S/C22H21N5O2/c1-4-19(29-26-14(2)15-9-6-5-7-10-15)17-13-18-16-11-8-12-20(28-3)21(16)24-22(23)27(18)25-17/h4-13H,1-3H3,(H2,23,24)/b19-4-,26-14+. The molecule has 0 atom stereocenters. The second kappa shape index (κ2) is 7.63. The van der Waals surface area contributed by atoms with Crippen LogP contribution in [0.5, 0.6) is 5.75 Å². The van der Waals surface area contributed by atoms with Gasteiger partial charge < -0.3 is 15.3 Å². The number of aromatic nitrogens is 3. The third-order valence-corrected chi connectivity index (χ3v) is 4.63. The average Bonchev–Trinajstić information content (AvgIpc) is 3.20. The van der Waals surface area contributed by atoms with E-state index in [0.29, 0.717) is 22.7 Å². The van der Waals surface area contributed by atoms with E-state index in [2.05, 4.69) is 15.2 Å². The lowest BCUT2D eigenvalue weighted by atomic mass is 10.1. The second-order valence-electron chi connectivity index (χ2n) is 6.44. The molecule has 29 heavy (non-hydrogen) atoms. The van der Waals surface area contributed by atoms with Crippen LogP contribution in [0.25, 0.3) is 22.2 Å². The molecule has 2 aromatic heterocycles. The predicted molar refractivity (Wildman–Crippen MR) is 115 cm³/mol. The molecule has 2 heterocycles. The van der Waals surface area contributed by atoms with Crippen molar-refractivity contribution in [3.8, 4) is 5.75 Å². The van der Waals surface area contributed by atoms with Gasteiger partial charge >= 0.3 is 0 Å². The third kappa shape index (κ3) is 3.38. The molecule has 0 fully saturated rings. The van der Waals surface area contributed by atoms with E-state index in [1.54, 1.807) is 11.6 Å². The van der Waals surface area contributed by atoms with Crippen molar-refractivity contribution in [1.29, 1.82) is 0 Å². The van der Waals surface area contributed by atoms with Gasteiger partial charge in [-0.3, -0.25) is 0 Å². The summed E-state index contributed by atoms with van der Waals surface area (Å²) in [5, 5.41) is 9.71. The zero-order valence-corrected chi connectivity index (χ0v) is 16.5. The monoisotopic (exact) mass is 387 g/mol. The predicted octanol–water partition coefficient (Wildman–Crippen LogP) is 4.27. The fourth-order valence-corrected chi connectivity index (χ4v) is 3.14. The van der Waals surface area contributed by atoms with Gasteiger partial charge in [0, 0.05) is 5.39 Å². The van der Waals surface area contributed by atoms with E-state index in [9.17, 15) is 0 Å². The van der Waals surface area contributed by atoms with Crippen LogP contribution in [0.2, 0.25) is 0 Å². The van der Waals surface area contributed by atoms with E-state index in [4.69, 9.17) is 15.3 Å². The first kappa shape index (κ1) is 18.5. The van der Waals surface area contributed by atoms with Crippen LogP contribution in [0.1, 0.15) is 25.1 Å². The number of anilines is 1. The van der Waals surface area contributed by atoms with Gasteiger partial charge in [-0.1, -0.05) is 47.6 Å². The molecule has 0 unspecified atom stereocenters. The van der Waals surface area contributed by atoms with Gasteiger partial charge in [0.1, 0.15) is 17.0 Å². The van der Waals surface area contributed by atoms with Gasteiger partial charge in [-0.2, -0.15) is 9.61 Å². The summed E-state index contributed by atoms with van der Waals surface area (Å²) in [6.45, 7) is 3.77. The number of ether oxygens (including phenoxy) is 1. The van der Waals surface area contributed by atoms with Crippen LogP contribution in [0.15, 0.2) is 65.8 Å². The highest BCUT2D eigenvalue weighted by atomic mass is 16.6. The van der Waals surface area contributed by atoms with Crippen molar-refractivity contribution in [1.82, 2.24) is 14.6 Å². The minimum absolute atomic E-state index is 0.266. The quantitative estimate of drug-likeness (QED) is 0.314. The van der Waals surface area contributed by atoms with E-state index in [0.717, 1.165) is 22.2 Å². The van der Waals surface area contributed by atoms with Gasteiger partial charge in [-0.25, -0.2) is 4.98 Å². The molecule has 0 radical (unpaired) electrons. The summed E-state index contributed by atoms with van der Waals surface area (Å²) >= 11 is 0. The van der Waals surface area contributed by atoms with E-state index >= 15 is 0 Å². The molecule has 4 rings (SSSR count). The second-order valence-corrected chi connectivity index (χ2v) is 6.44. The molecule has 7 nitrogen and oxygen atoms in total. The lowest BCUT2D eigenvalue weighted by Crippen LogP contribution is -2.03. The summed E-state index contributed by atoms with van der Waals surface area (Å²) < 4.78 is 7.01. The summed E-state index contributed by atoms with van der Waals surface area (Å²) in [6.07, 6.45) is 1.82. The number of nitrogens with zero attached hydrogens (tertiary/aromatic N) is 4. The number of hydrogen-bond donors (Lipinski definition) is 1. The maximum absolute atomic E-state index is 6.14. The van der Waals surface area contributed by atoms with E-state index in [1.807, 2.05) is 74.5 Å². The Kier molecular flexibility index (Phi) is 4.87. The largest absolute Gasteiger partial charge is 0.494 e. The van der Waals surface area contributed by atoms with E-state index < -0.39 is 0 Å². The Labute approximate surface area is 168 Å². The van der Waals surface area contributed by atoms with Gasteiger partial charge in [0.05, 0.1) is 18.3 Å². The molecular weight excluding hydrogens is 366 g/mol. The van der Waals surface area contributed by atoms with Crippen molar-refractivity contribution >= 4 is 33.8 Å². The minimum Gasteiger partial charge on any atom is -0.494 e. The highest BCUT2D eigenvalue weighted by Crippen LogP contribution is 2.30. The number of nitrogen functional groups attached to an aromatic ring is 1. The van der Waals surface area contributed by atoms with Crippen LogP contribution in [-0.2, 0) is 4.84 Å². The Morgan fingerprint density at radius 3 is 2.66 bits per heavy atom. The number of hydrogen-bond acceptors (Lipinski definition) is 6. The first-order chi connectivity index (χ1) is 14.1. The number of benzene rings is 2. The molecule has 0 aliphatic carbocycles. The molecule has 0 aliphatic heterocycles. The van der Waals surface area contributed by atoms with Crippen molar-refractivity contribution in [2.75, 3.05) is 12.8 Å². The summed E-state index contributed by atoms with van der Waals surface area (Å²) in [6, 6.07) is 17.5. The fraction of sp³-hybridized carbons (Fsp3) is 0.136. The van der Waals surface area contributed by atoms with Gasteiger partial charge in [-0.05, 0) is 37.6 Å². The van der Waals surface area contributed by atoms with Crippen LogP contribution >= 0.6 is 0 Å². The van der Waals surface area contributed by atoms with Gasteiger partial charge in [-0.15, -0.1) is 0 Å². The van der Waals surface area contributed by atoms with Crippen LogP contribution in [0.3, 0.4) is 0 Å². The lowest BCUT2D eigenvalue weighted by molar-refractivity contribution is 0.296. The van der Waals surface area contributed by atoms with Crippen LogP contribution in [-0.4, -0.2) is 27.4 Å². The Morgan fingerprint density at radius 1 is 1.14 bits per heavy atom. The SMILES string of the molecule is C/C=C(\O/N=C(\C)c1ccccc1)c1cc2c3cccc(OC)c3nc(N)n2n1. The maximum atomic E-state index is 6.14. The molecule has 2 N–H and O–H groups in total. The number of methoxy groups -OCH3 is 1. The zero-order chi connectivity index (χ0) is 20.4. The summed E-state index contributed by atoms with van der Waals surface area (Å²) in [4.78, 5) is 10.2. The molecule has 4 aromatic rings. The zero-order valence-electron chi connectivity index (χ0n) is 16.5. The van der Waals surface area contributed by atoms with Crippen LogP contribution in [0.4, 0.5) is 5.95 Å². The molecule has 0 amide bonds. The van der Waals surface area contributed by atoms with Crippen molar-refractivity contribution < 1.29 is 9.57 Å². The molecule has 0 bridgehead atoms. The summed E-state index contributed by atoms with van der Waals surface area (Å²) in [5.41, 5.74) is 10.0. The molecule has 0 saturated heterocycles. The van der Waals surface area contributed by atoms with Crippen LogP contribution < -0.4 is 10.5 Å². The Balaban J connectivity index is 1.75. The number of rotatable bonds is 5. The summed E-state index contributed by atoms with van der Waals surface area (Å²) in [5.74, 6) is 1.45. The maximum Gasteiger partial charge on any atom is 0.222 e. The summed E-state index contributed by atoms with van der Waals surface area (Å²) in [7, 11) is 1.61. The van der Waals surface area contributed by atoms with Crippen LogP contribution in [0, 0.1) is 0 Å². The Bertz CT molecular complexity index is 1240. The van der Waals surface area contributed by atoms with E-state index in [1.165, 1.54) is 0 Å². The smallest absolute Gasteiger partial charge is 0.222 e. The molecule has 146 valence electrons. The number of oxime groups is 1. The number of fused-ring (bicyclic) bond motifs is 3. The topological polar surface area (TPSA) is 87.0 Å². The normalized spacial score (nSPS) is 12.5. The Morgan fingerprint density at radius 2 is 1.93 bits per heavy atom. The van der Waals surface area contributed by atoms with Gasteiger partial charge in [0.25, 0.3) is 0 Å². The first-order valence-electron chi connectivity index (χ1n) is 9.18. The molecule has 0 spiro atoms. The van der Waals surface area contributed by atoms with Gasteiger partial charge in [0.15, 0.2) is 5.76 Å². The molecule has 7 heteroatoms. The van der Waals surface area contributed by atoms with E-state index in [-0.39, 0.29) is 5.95 Å². The Hall–Kier alpha value is -3.87. The fourth-order valence-electron chi connectivity index (χ4n) is 3.14. The first-order valence-corrected chi connectivity index (χ1v) is 9.18. The van der Waals surface area contributed by atoms with Crippen molar-refractivity contribution in [3.05, 3.63) is 71.9 Å². The van der Waals surface area contributed by atoms with Gasteiger partial charge in [0.2, 0.25) is 5.95 Å². The third-order valence-electron chi connectivity index (χ3n) is 4.63. The number of allylic oxidation sites excluding steroid dienone is 1. The molecule has 2 aromatic carbocycles. The minimum atomic E-state index is 0.266. The average molecular weight is 387 g/mol. The number of nitrogens with two attached hydrogens (primary N) is 1. The van der Waals surface area contributed by atoms with Crippen molar-refractivity contribution in [2.24, 2.45) is 5.16 Å². The molecule has 0 saturated carbocycles. The van der Waals surface area contributed by atoms with Crippen molar-refractivity contribution in [3.63, 3.8) is 0 Å². The highest BCUT2D eigenvalue weighted by Gasteiger charge is 2.15. The van der Waals surface area contributed by atoms with Crippen molar-refractivity contribution in [2.45, 2.75) is 13.8 Å².